The van der Waals surface area contributed by atoms with Crippen LogP contribution in [-0.2, 0) is 11.4 Å². The van der Waals surface area contributed by atoms with Crippen LogP contribution in [0.5, 0.6) is 11.5 Å². The van der Waals surface area contributed by atoms with E-state index in [1.165, 1.54) is 23.5 Å². The molecule has 0 fully saturated rings. The molecule has 6 rings (SSSR count). The minimum Gasteiger partial charge on any atom is -0.496 e. The number of nitrogens with zero attached hydrogens (tertiary/aromatic N) is 3. The third-order valence-electron chi connectivity index (χ3n) is 8.24. The molecule has 0 N–H and O–H groups in total. The van der Waals surface area contributed by atoms with E-state index in [-0.39, 0.29) is 23.9 Å². The Kier molecular flexibility index (Phi) is 8.85. The van der Waals surface area contributed by atoms with Gasteiger partial charge < -0.3 is 14.4 Å². The first-order valence-corrected chi connectivity index (χ1v) is 16.0. The topological polar surface area (TPSA) is 73.1 Å². The van der Waals surface area contributed by atoms with Crippen molar-refractivity contribution in [3.8, 4) is 11.5 Å². The summed E-state index contributed by atoms with van der Waals surface area (Å²) in [6.45, 7) is 6.99. The first kappa shape index (κ1) is 31.0. The van der Waals surface area contributed by atoms with Crippen molar-refractivity contribution in [1.82, 2.24) is 9.47 Å². The van der Waals surface area contributed by atoms with Gasteiger partial charge in [0.15, 0.2) is 4.80 Å². The fourth-order valence-corrected chi connectivity index (χ4v) is 6.94. The highest BCUT2D eigenvalue weighted by Gasteiger charge is 2.36. The molecule has 7 nitrogen and oxygen atoms in total. The van der Waals surface area contributed by atoms with Crippen LogP contribution in [0.4, 0.5) is 4.39 Å². The quantitative estimate of drug-likeness (QED) is 0.200. The largest absolute Gasteiger partial charge is 0.496 e. The number of aromatic nitrogens is 1. The lowest BCUT2D eigenvalue weighted by Gasteiger charge is -2.30. The number of amides is 1. The first-order chi connectivity index (χ1) is 22.3. The SMILES string of the molecule is CCN(CC)C(=O)C1=C(C)N=c2s/c(=C/c3ccccc3OCc3ccc(F)cc3)c(=O)n2[C@@H]1c1c(OC)ccc2ccccc12. The van der Waals surface area contributed by atoms with Gasteiger partial charge in [0.25, 0.3) is 11.5 Å². The molecule has 0 saturated carbocycles. The van der Waals surface area contributed by atoms with Gasteiger partial charge in [-0.2, -0.15) is 0 Å². The highest BCUT2D eigenvalue weighted by atomic mass is 32.1. The molecular formula is C37H34FN3O4S. The van der Waals surface area contributed by atoms with E-state index in [9.17, 15) is 14.0 Å². The van der Waals surface area contributed by atoms with E-state index in [4.69, 9.17) is 14.5 Å². The summed E-state index contributed by atoms with van der Waals surface area (Å²) in [5, 5.41) is 1.86. The van der Waals surface area contributed by atoms with Gasteiger partial charge in [-0.05, 0) is 67.4 Å². The minimum absolute atomic E-state index is 0.167. The fraction of sp³-hybridized carbons (Fsp3) is 0.216. The molecule has 1 aliphatic heterocycles. The molecule has 1 atom stereocenters. The Labute approximate surface area is 270 Å². The summed E-state index contributed by atoms with van der Waals surface area (Å²) in [5.74, 6) is 0.687. The van der Waals surface area contributed by atoms with Crippen LogP contribution in [0, 0.1) is 5.82 Å². The number of rotatable bonds is 9. The molecule has 0 bridgehead atoms. The summed E-state index contributed by atoms with van der Waals surface area (Å²) in [4.78, 5) is 35.7. The molecular weight excluding hydrogens is 601 g/mol. The summed E-state index contributed by atoms with van der Waals surface area (Å²) in [7, 11) is 1.60. The van der Waals surface area contributed by atoms with Gasteiger partial charge in [-0.3, -0.25) is 14.2 Å². The Balaban J connectivity index is 1.54. The van der Waals surface area contributed by atoms with Crippen molar-refractivity contribution in [1.29, 1.82) is 0 Å². The molecule has 4 aromatic carbocycles. The number of likely N-dealkylation sites (N-methyl/N-ethyl adjacent to an activating group) is 1. The number of para-hydroxylation sites is 1. The number of carbonyl (C=O) groups is 1. The normalized spacial score (nSPS) is 14.6. The number of benzene rings is 4. The molecule has 1 amide bonds. The van der Waals surface area contributed by atoms with E-state index in [1.54, 1.807) is 34.8 Å². The monoisotopic (exact) mass is 635 g/mol. The molecule has 1 aliphatic rings. The minimum atomic E-state index is -0.766. The fourth-order valence-electron chi connectivity index (χ4n) is 5.90. The third kappa shape index (κ3) is 5.74. The molecule has 0 unspecified atom stereocenters. The molecule has 0 saturated heterocycles. The zero-order chi connectivity index (χ0) is 32.4. The maximum Gasteiger partial charge on any atom is 0.271 e. The van der Waals surface area contributed by atoms with Crippen LogP contribution in [0.15, 0.2) is 106 Å². The molecule has 0 radical (unpaired) electrons. The Morgan fingerprint density at radius 2 is 1.70 bits per heavy atom. The van der Waals surface area contributed by atoms with Gasteiger partial charge in [-0.1, -0.05) is 72.0 Å². The number of ether oxygens (including phenoxy) is 2. The number of carbonyl (C=O) groups excluding carboxylic acids is 1. The van der Waals surface area contributed by atoms with Crippen LogP contribution >= 0.6 is 11.3 Å². The lowest BCUT2D eigenvalue weighted by atomic mass is 9.90. The van der Waals surface area contributed by atoms with Crippen LogP contribution in [0.25, 0.3) is 16.8 Å². The zero-order valence-corrected chi connectivity index (χ0v) is 26.9. The van der Waals surface area contributed by atoms with E-state index < -0.39 is 6.04 Å². The standard InChI is InChI=1S/C37H34FN3O4S/c1-5-40(6-2)36(43)32-23(3)39-37-41(34(32)33-28-13-9-7-11-25(28)17-20-30(33)44-4)35(42)31(46-37)21-26-12-8-10-14-29(26)45-22-24-15-18-27(38)19-16-24/h7-21,34H,5-6,22H2,1-4H3/b31-21+/t34-/m0/s1. The van der Waals surface area contributed by atoms with Crippen molar-refractivity contribution >= 4 is 34.1 Å². The first-order valence-electron chi connectivity index (χ1n) is 15.2. The predicted octanol–water partition coefficient (Wildman–Crippen LogP) is 5.98. The Morgan fingerprint density at radius 1 is 0.978 bits per heavy atom. The Bertz CT molecular complexity index is 2150. The number of hydrogen-bond acceptors (Lipinski definition) is 6. The highest BCUT2D eigenvalue weighted by Crippen LogP contribution is 2.40. The molecule has 5 aromatic rings. The number of halogens is 1. The van der Waals surface area contributed by atoms with Gasteiger partial charge >= 0.3 is 0 Å². The number of methoxy groups -OCH3 is 1. The molecule has 0 aliphatic carbocycles. The summed E-state index contributed by atoms with van der Waals surface area (Å²) >= 11 is 1.27. The van der Waals surface area contributed by atoms with Gasteiger partial charge in [0.2, 0.25) is 0 Å². The van der Waals surface area contributed by atoms with E-state index >= 15 is 0 Å². The number of thiazole rings is 1. The summed E-state index contributed by atoms with van der Waals surface area (Å²) in [5.41, 5.74) is 3.01. The van der Waals surface area contributed by atoms with Crippen molar-refractivity contribution in [3.63, 3.8) is 0 Å². The molecule has 2 heterocycles. The molecule has 9 heteroatoms. The van der Waals surface area contributed by atoms with Gasteiger partial charge in [-0.25, -0.2) is 9.38 Å². The lowest BCUT2D eigenvalue weighted by molar-refractivity contribution is -0.127. The average molecular weight is 636 g/mol. The molecule has 0 spiro atoms. The van der Waals surface area contributed by atoms with Crippen LogP contribution in [0.2, 0.25) is 0 Å². The summed E-state index contributed by atoms with van der Waals surface area (Å²) in [6, 6.07) is 24.6. The molecule has 234 valence electrons. The maximum absolute atomic E-state index is 14.5. The molecule has 46 heavy (non-hydrogen) atoms. The summed E-state index contributed by atoms with van der Waals surface area (Å²) < 4.78 is 27.5. The van der Waals surface area contributed by atoms with Gasteiger partial charge in [0.1, 0.15) is 30.0 Å². The molecule has 1 aromatic heterocycles. The number of hydrogen-bond donors (Lipinski definition) is 0. The average Bonchev–Trinajstić information content (AvgIpc) is 3.38. The Hall–Kier alpha value is -5.02. The van der Waals surface area contributed by atoms with Crippen molar-refractivity contribution in [3.05, 3.63) is 138 Å². The smallest absolute Gasteiger partial charge is 0.271 e. The van der Waals surface area contributed by atoms with Gasteiger partial charge in [0, 0.05) is 24.2 Å². The van der Waals surface area contributed by atoms with Crippen LogP contribution in [0.3, 0.4) is 0 Å². The van der Waals surface area contributed by atoms with E-state index in [2.05, 4.69) is 0 Å². The maximum atomic E-state index is 14.5. The van der Waals surface area contributed by atoms with Crippen molar-refractivity contribution < 1.29 is 18.7 Å². The zero-order valence-electron chi connectivity index (χ0n) is 26.1. The second-order valence-electron chi connectivity index (χ2n) is 10.9. The van der Waals surface area contributed by atoms with Gasteiger partial charge in [0.05, 0.1) is 22.9 Å². The van der Waals surface area contributed by atoms with E-state index in [1.807, 2.05) is 81.4 Å². The second kappa shape index (κ2) is 13.1. The Morgan fingerprint density at radius 3 is 2.43 bits per heavy atom. The number of fused-ring (bicyclic) bond motifs is 2. The van der Waals surface area contributed by atoms with E-state index in [0.29, 0.717) is 50.8 Å². The van der Waals surface area contributed by atoms with Crippen LogP contribution in [-0.4, -0.2) is 35.6 Å². The highest BCUT2D eigenvalue weighted by molar-refractivity contribution is 7.07. The number of allylic oxidation sites excluding steroid dienone is 1. The van der Waals surface area contributed by atoms with Crippen LogP contribution in [0.1, 0.15) is 43.5 Å². The van der Waals surface area contributed by atoms with Crippen molar-refractivity contribution in [2.75, 3.05) is 20.2 Å². The second-order valence-corrected chi connectivity index (χ2v) is 11.9. The lowest BCUT2D eigenvalue weighted by Crippen LogP contribution is -2.43. The van der Waals surface area contributed by atoms with Crippen molar-refractivity contribution in [2.24, 2.45) is 4.99 Å². The van der Waals surface area contributed by atoms with Crippen molar-refractivity contribution in [2.45, 2.75) is 33.4 Å². The van der Waals surface area contributed by atoms with Gasteiger partial charge in [-0.15, -0.1) is 0 Å². The van der Waals surface area contributed by atoms with Crippen LogP contribution < -0.4 is 24.4 Å². The summed E-state index contributed by atoms with van der Waals surface area (Å²) in [6.07, 6.45) is 1.80. The third-order valence-corrected chi connectivity index (χ3v) is 9.22. The van der Waals surface area contributed by atoms with E-state index in [0.717, 1.165) is 21.9 Å². The predicted molar refractivity (Wildman–Crippen MR) is 179 cm³/mol.